The fourth-order valence-electron chi connectivity index (χ4n) is 3.03. The molecule has 0 unspecified atom stereocenters. The number of carbonyl (C=O) groups excluding carboxylic acids is 1. The Balaban J connectivity index is 1.99. The quantitative estimate of drug-likeness (QED) is 0.825. The van der Waals surface area contributed by atoms with Crippen LogP contribution < -0.4 is 10.1 Å². The molecule has 6 nitrogen and oxygen atoms in total. The number of benzene rings is 1. The number of nitrogens with one attached hydrogen (secondary N) is 1. The number of ether oxygens (including phenoxy) is 1. The molecule has 0 bridgehead atoms. The minimum atomic E-state index is -3.49. The third kappa shape index (κ3) is 4.08. The van der Waals surface area contributed by atoms with Gasteiger partial charge in [0.1, 0.15) is 12.4 Å². The molecule has 0 atom stereocenters. The molecule has 134 valence electrons. The first-order valence-corrected chi connectivity index (χ1v) is 10.0. The van der Waals surface area contributed by atoms with Crippen molar-refractivity contribution in [2.24, 2.45) is 0 Å². The summed E-state index contributed by atoms with van der Waals surface area (Å²) in [6.07, 6.45) is 1.79. The van der Waals surface area contributed by atoms with Gasteiger partial charge in [-0.05, 0) is 50.6 Å². The van der Waals surface area contributed by atoms with Gasteiger partial charge in [-0.3, -0.25) is 4.79 Å². The van der Waals surface area contributed by atoms with Crippen molar-refractivity contribution in [3.05, 3.63) is 29.8 Å². The van der Waals surface area contributed by atoms with Gasteiger partial charge < -0.3 is 15.0 Å². The third-order valence-corrected chi connectivity index (χ3v) is 6.54. The van der Waals surface area contributed by atoms with Crippen LogP contribution in [0.2, 0.25) is 0 Å². The van der Waals surface area contributed by atoms with Gasteiger partial charge in [-0.1, -0.05) is 12.1 Å². The van der Waals surface area contributed by atoms with Crippen LogP contribution in [0.4, 0.5) is 0 Å². The second-order valence-corrected chi connectivity index (χ2v) is 8.73. The average Bonchev–Trinajstić information content (AvgIpc) is 2.53. The van der Waals surface area contributed by atoms with E-state index in [9.17, 15) is 13.2 Å². The summed E-state index contributed by atoms with van der Waals surface area (Å²) >= 11 is 0. The van der Waals surface area contributed by atoms with Crippen LogP contribution in [0.25, 0.3) is 0 Å². The summed E-state index contributed by atoms with van der Waals surface area (Å²) in [5, 5.41) is 3.12. The summed E-state index contributed by atoms with van der Waals surface area (Å²) in [7, 11) is -1.85. The highest BCUT2D eigenvalue weighted by Gasteiger charge is 2.49. The van der Waals surface area contributed by atoms with Crippen LogP contribution in [0.1, 0.15) is 18.4 Å². The summed E-state index contributed by atoms with van der Waals surface area (Å²) in [5.41, 5.74) is 1.10. The normalized spacial score (nSPS) is 17.3. The number of carbonyl (C=O) groups is 1. The van der Waals surface area contributed by atoms with Gasteiger partial charge in [0.2, 0.25) is 5.91 Å². The number of likely N-dealkylation sites (N-methyl/N-ethyl adjacent to an activating group) is 1. The Kier molecular flexibility index (Phi) is 5.87. The van der Waals surface area contributed by atoms with Crippen molar-refractivity contribution in [1.29, 1.82) is 0 Å². The van der Waals surface area contributed by atoms with E-state index >= 15 is 0 Å². The molecule has 2 rings (SSSR count). The molecular weight excluding hydrogens is 328 g/mol. The molecule has 1 aromatic rings. The van der Waals surface area contributed by atoms with Crippen molar-refractivity contribution in [3.63, 3.8) is 0 Å². The summed E-state index contributed by atoms with van der Waals surface area (Å²) in [4.78, 5) is 14.3. The second-order valence-electron chi connectivity index (χ2n) is 6.41. The van der Waals surface area contributed by atoms with Crippen molar-refractivity contribution in [2.75, 3.05) is 39.5 Å². The zero-order chi connectivity index (χ0) is 17.8. The Bertz CT molecular complexity index is 682. The van der Waals surface area contributed by atoms with Crippen molar-refractivity contribution in [2.45, 2.75) is 24.5 Å². The number of sulfone groups is 1. The lowest BCUT2D eigenvalue weighted by atomic mass is 9.95. The molecule has 0 saturated carbocycles. The van der Waals surface area contributed by atoms with Crippen LogP contribution >= 0.6 is 0 Å². The van der Waals surface area contributed by atoms with Gasteiger partial charge in [-0.25, -0.2) is 8.42 Å². The van der Waals surface area contributed by atoms with E-state index in [0.717, 1.165) is 17.6 Å². The highest BCUT2D eigenvalue weighted by Crippen LogP contribution is 2.29. The van der Waals surface area contributed by atoms with E-state index in [1.165, 1.54) is 4.90 Å². The zero-order valence-corrected chi connectivity index (χ0v) is 15.4. The van der Waals surface area contributed by atoms with Gasteiger partial charge in [0.15, 0.2) is 14.6 Å². The summed E-state index contributed by atoms with van der Waals surface area (Å²) in [6, 6.07) is 7.68. The van der Waals surface area contributed by atoms with Crippen LogP contribution in [-0.2, 0) is 14.6 Å². The van der Waals surface area contributed by atoms with Gasteiger partial charge in [-0.2, -0.15) is 0 Å². The summed E-state index contributed by atoms with van der Waals surface area (Å²) in [5.74, 6) is 0.412. The number of hydrogen-bond acceptors (Lipinski definition) is 5. The maximum absolute atomic E-state index is 12.8. The van der Waals surface area contributed by atoms with Gasteiger partial charge in [0.05, 0.1) is 6.54 Å². The maximum Gasteiger partial charge on any atom is 0.243 e. The standard InChI is InChI=1S/C17H26N2O4S/c1-14-5-4-6-15(13-14)23-12-11-19(2)16(20)17(24(3,21)22)7-9-18-10-8-17/h4-6,13,18H,7-12H2,1-3H3. The van der Waals surface area contributed by atoms with E-state index in [1.54, 1.807) is 7.05 Å². The number of nitrogens with zero attached hydrogens (tertiary/aromatic N) is 1. The van der Waals surface area contributed by atoms with Gasteiger partial charge >= 0.3 is 0 Å². The van der Waals surface area contributed by atoms with Gasteiger partial charge in [0, 0.05) is 13.3 Å². The Morgan fingerprint density at radius 2 is 2.00 bits per heavy atom. The molecule has 1 aliphatic heterocycles. The predicted molar refractivity (Wildman–Crippen MR) is 94.0 cm³/mol. The van der Waals surface area contributed by atoms with Gasteiger partial charge in [0.25, 0.3) is 0 Å². The molecule has 1 saturated heterocycles. The van der Waals surface area contributed by atoms with Crippen LogP contribution in [-0.4, -0.2) is 63.5 Å². The Hall–Kier alpha value is -1.60. The highest BCUT2D eigenvalue weighted by molar-refractivity contribution is 7.92. The Labute approximate surface area is 144 Å². The number of amides is 1. The van der Waals surface area contributed by atoms with E-state index in [-0.39, 0.29) is 5.91 Å². The largest absolute Gasteiger partial charge is 0.492 e. The summed E-state index contributed by atoms with van der Waals surface area (Å²) < 4.78 is 28.9. The zero-order valence-electron chi connectivity index (χ0n) is 14.5. The molecule has 7 heteroatoms. The topological polar surface area (TPSA) is 75.7 Å². The first-order chi connectivity index (χ1) is 11.3. The van der Waals surface area contributed by atoms with E-state index in [2.05, 4.69) is 5.32 Å². The minimum Gasteiger partial charge on any atom is -0.492 e. The molecule has 1 amide bonds. The fourth-order valence-corrected chi connectivity index (χ4v) is 4.45. The lowest BCUT2D eigenvalue weighted by molar-refractivity contribution is -0.133. The molecule has 1 aliphatic rings. The number of aryl methyl sites for hydroxylation is 1. The molecule has 0 radical (unpaired) electrons. The van der Waals surface area contributed by atoms with Crippen molar-refractivity contribution >= 4 is 15.7 Å². The first kappa shape index (κ1) is 18.7. The number of hydrogen-bond donors (Lipinski definition) is 1. The minimum absolute atomic E-state index is 0.313. The van der Waals surface area contributed by atoms with E-state index < -0.39 is 14.6 Å². The second kappa shape index (κ2) is 7.53. The lowest BCUT2D eigenvalue weighted by Gasteiger charge is -2.37. The van der Waals surface area contributed by atoms with Crippen LogP contribution in [0.5, 0.6) is 5.75 Å². The molecule has 1 aromatic carbocycles. The Morgan fingerprint density at radius 3 is 2.58 bits per heavy atom. The van der Waals surface area contributed by atoms with Crippen LogP contribution in [0.15, 0.2) is 24.3 Å². The molecule has 0 aliphatic carbocycles. The lowest BCUT2D eigenvalue weighted by Crippen LogP contribution is -2.57. The first-order valence-electron chi connectivity index (χ1n) is 8.12. The van der Waals surface area contributed by atoms with E-state index in [0.29, 0.717) is 39.1 Å². The van der Waals surface area contributed by atoms with Crippen LogP contribution in [0, 0.1) is 6.92 Å². The molecule has 1 heterocycles. The number of rotatable bonds is 6. The molecule has 24 heavy (non-hydrogen) atoms. The van der Waals surface area contributed by atoms with Crippen LogP contribution in [0.3, 0.4) is 0 Å². The average molecular weight is 354 g/mol. The van der Waals surface area contributed by atoms with Crippen molar-refractivity contribution < 1.29 is 17.9 Å². The van der Waals surface area contributed by atoms with Gasteiger partial charge in [-0.15, -0.1) is 0 Å². The predicted octanol–water partition coefficient (Wildman–Crippen LogP) is 0.999. The molecule has 0 spiro atoms. The monoisotopic (exact) mass is 354 g/mol. The fraction of sp³-hybridized carbons (Fsp3) is 0.588. The maximum atomic E-state index is 12.8. The molecule has 0 aromatic heterocycles. The van der Waals surface area contributed by atoms with Crippen molar-refractivity contribution in [3.8, 4) is 5.75 Å². The number of piperidine rings is 1. The van der Waals surface area contributed by atoms with Crippen molar-refractivity contribution in [1.82, 2.24) is 10.2 Å². The molecule has 1 fully saturated rings. The van der Waals surface area contributed by atoms with E-state index in [4.69, 9.17) is 4.74 Å². The highest BCUT2D eigenvalue weighted by atomic mass is 32.2. The smallest absolute Gasteiger partial charge is 0.243 e. The Morgan fingerprint density at radius 1 is 1.33 bits per heavy atom. The third-order valence-electron chi connectivity index (χ3n) is 4.54. The molecular formula is C17H26N2O4S. The van der Waals surface area contributed by atoms with E-state index in [1.807, 2.05) is 31.2 Å². The summed E-state index contributed by atoms with van der Waals surface area (Å²) in [6.45, 7) is 3.72. The molecule has 1 N–H and O–H groups in total. The SMILES string of the molecule is Cc1cccc(OCCN(C)C(=O)C2(S(C)(=O)=O)CCNCC2)c1.